The number of hydrogen-bond acceptors (Lipinski definition) is 4. The first kappa shape index (κ1) is 11.9. The largest absolute Gasteiger partial charge is 0.507 e. The number of aromatic hydroxyl groups is 1. The first-order valence-electron chi connectivity index (χ1n) is 5.39. The molecule has 2 aromatic rings. The normalized spacial score (nSPS) is 10.1. The van der Waals surface area contributed by atoms with Gasteiger partial charge in [-0.3, -0.25) is 4.79 Å². The van der Waals surface area contributed by atoms with E-state index in [-0.39, 0.29) is 11.3 Å². The van der Waals surface area contributed by atoms with E-state index in [0.717, 1.165) is 5.56 Å². The summed E-state index contributed by atoms with van der Waals surface area (Å²) in [5.41, 5.74) is 7.11. The van der Waals surface area contributed by atoms with Crippen LogP contribution in [0, 0.1) is 6.92 Å². The molecule has 18 heavy (non-hydrogen) atoms. The quantitative estimate of drug-likeness (QED) is 0.752. The number of carbonyl (C=O) groups excluding carboxylic acids is 1. The molecule has 0 aliphatic carbocycles. The van der Waals surface area contributed by atoms with Crippen molar-refractivity contribution in [2.24, 2.45) is 0 Å². The SMILES string of the molecule is Cc1ccc(C(=O)Nc2ccc(N)cn2)c(O)c1. The number of nitrogens with one attached hydrogen (secondary N) is 1. The zero-order valence-corrected chi connectivity index (χ0v) is 9.84. The molecule has 1 heterocycles. The first-order chi connectivity index (χ1) is 8.56. The van der Waals surface area contributed by atoms with Crippen molar-refractivity contribution in [1.82, 2.24) is 4.98 Å². The molecule has 0 atom stereocenters. The molecule has 0 radical (unpaired) electrons. The summed E-state index contributed by atoms with van der Waals surface area (Å²) >= 11 is 0. The fourth-order valence-electron chi connectivity index (χ4n) is 1.50. The minimum atomic E-state index is -0.412. The molecule has 0 spiro atoms. The molecular formula is C13H13N3O2. The molecule has 2 rings (SSSR count). The lowest BCUT2D eigenvalue weighted by Crippen LogP contribution is -2.13. The molecule has 5 nitrogen and oxygen atoms in total. The number of pyridine rings is 1. The number of nitrogens with zero attached hydrogens (tertiary/aromatic N) is 1. The predicted octanol–water partition coefficient (Wildman–Crippen LogP) is 1.93. The number of rotatable bonds is 2. The molecule has 0 saturated carbocycles. The molecule has 0 aliphatic rings. The molecule has 1 aromatic heterocycles. The zero-order chi connectivity index (χ0) is 13.1. The van der Waals surface area contributed by atoms with E-state index in [9.17, 15) is 9.90 Å². The Morgan fingerprint density at radius 3 is 2.72 bits per heavy atom. The Kier molecular flexibility index (Phi) is 3.14. The van der Waals surface area contributed by atoms with Crippen LogP contribution in [-0.4, -0.2) is 16.0 Å². The van der Waals surface area contributed by atoms with Gasteiger partial charge >= 0.3 is 0 Å². The first-order valence-corrected chi connectivity index (χ1v) is 5.39. The number of phenolic OH excluding ortho intramolecular Hbond substituents is 1. The van der Waals surface area contributed by atoms with Crippen molar-refractivity contribution in [2.45, 2.75) is 6.92 Å². The van der Waals surface area contributed by atoms with Crippen LogP contribution in [0.3, 0.4) is 0 Å². The number of carbonyl (C=O) groups is 1. The van der Waals surface area contributed by atoms with Gasteiger partial charge in [0.2, 0.25) is 0 Å². The van der Waals surface area contributed by atoms with Gasteiger partial charge in [0.05, 0.1) is 17.4 Å². The molecule has 1 aromatic carbocycles. The van der Waals surface area contributed by atoms with Crippen LogP contribution in [0.15, 0.2) is 36.5 Å². The van der Waals surface area contributed by atoms with Gasteiger partial charge in [-0.05, 0) is 36.8 Å². The van der Waals surface area contributed by atoms with Gasteiger partial charge < -0.3 is 16.2 Å². The third kappa shape index (κ3) is 2.57. The monoisotopic (exact) mass is 243 g/mol. The second-order valence-electron chi connectivity index (χ2n) is 3.95. The van der Waals surface area contributed by atoms with E-state index in [1.165, 1.54) is 12.3 Å². The van der Waals surface area contributed by atoms with E-state index in [0.29, 0.717) is 11.5 Å². The second kappa shape index (κ2) is 4.75. The summed E-state index contributed by atoms with van der Waals surface area (Å²) < 4.78 is 0. The maximum atomic E-state index is 11.9. The molecule has 0 unspecified atom stereocenters. The minimum Gasteiger partial charge on any atom is -0.507 e. The molecule has 5 heteroatoms. The van der Waals surface area contributed by atoms with Crippen LogP contribution in [0.25, 0.3) is 0 Å². The van der Waals surface area contributed by atoms with Crippen molar-refractivity contribution in [3.63, 3.8) is 0 Å². The van der Waals surface area contributed by atoms with Crippen molar-refractivity contribution in [2.75, 3.05) is 11.1 Å². The number of nitrogen functional groups attached to an aromatic ring is 1. The fraction of sp³-hybridized carbons (Fsp3) is 0.0769. The Hall–Kier alpha value is -2.56. The maximum Gasteiger partial charge on any atom is 0.260 e. The number of nitrogens with two attached hydrogens (primary N) is 1. The summed E-state index contributed by atoms with van der Waals surface area (Å²) in [7, 11) is 0. The predicted molar refractivity (Wildman–Crippen MR) is 69.4 cm³/mol. The Balaban J connectivity index is 2.19. The molecule has 0 aliphatic heterocycles. The highest BCUT2D eigenvalue weighted by atomic mass is 16.3. The minimum absolute atomic E-state index is 0.0528. The van der Waals surface area contributed by atoms with E-state index >= 15 is 0 Å². The van der Waals surface area contributed by atoms with Crippen molar-refractivity contribution >= 4 is 17.4 Å². The van der Waals surface area contributed by atoms with Crippen LogP contribution in [0.2, 0.25) is 0 Å². The van der Waals surface area contributed by atoms with Crippen LogP contribution in [0.4, 0.5) is 11.5 Å². The lowest BCUT2D eigenvalue weighted by atomic mass is 10.1. The fourth-order valence-corrected chi connectivity index (χ4v) is 1.50. The molecule has 0 fully saturated rings. The average molecular weight is 243 g/mol. The molecule has 4 N–H and O–H groups in total. The molecule has 92 valence electrons. The highest BCUT2D eigenvalue weighted by Gasteiger charge is 2.11. The maximum absolute atomic E-state index is 11.9. The Bertz CT molecular complexity index is 579. The van der Waals surface area contributed by atoms with E-state index in [2.05, 4.69) is 10.3 Å². The van der Waals surface area contributed by atoms with Crippen LogP contribution in [0.1, 0.15) is 15.9 Å². The van der Waals surface area contributed by atoms with Crippen LogP contribution in [-0.2, 0) is 0 Å². The third-order valence-electron chi connectivity index (χ3n) is 2.43. The Morgan fingerprint density at radius 2 is 2.11 bits per heavy atom. The number of hydrogen-bond donors (Lipinski definition) is 3. The number of aromatic nitrogens is 1. The van der Waals surface area contributed by atoms with Crippen LogP contribution >= 0.6 is 0 Å². The van der Waals surface area contributed by atoms with E-state index in [4.69, 9.17) is 5.73 Å². The number of phenols is 1. The van der Waals surface area contributed by atoms with Crippen LogP contribution in [0.5, 0.6) is 5.75 Å². The van der Waals surface area contributed by atoms with E-state index < -0.39 is 5.91 Å². The van der Waals surface area contributed by atoms with Crippen LogP contribution < -0.4 is 11.1 Å². The van der Waals surface area contributed by atoms with Crippen molar-refractivity contribution < 1.29 is 9.90 Å². The summed E-state index contributed by atoms with van der Waals surface area (Å²) in [5.74, 6) is -0.0816. The van der Waals surface area contributed by atoms with Gasteiger partial charge in [-0.25, -0.2) is 4.98 Å². The van der Waals surface area contributed by atoms with Gasteiger partial charge in [0, 0.05) is 0 Å². The molecule has 0 bridgehead atoms. The summed E-state index contributed by atoms with van der Waals surface area (Å²) in [6, 6.07) is 8.09. The number of aryl methyl sites for hydroxylation is 1. The summed E-state index contributed by atoms with van der Waals surface area (Å²) in [4.78, 5) is 15.8. The summed E-state index contributed by atoms with van der Waals surface area (Å²) in [5, 5.41) is 12.3. The Labute approximate surface area is 104 Å². The highest BCUT2D eigenvalue weighted by molar-refractivity contribution is 6.05. The van der Waals surface area contributed by atoms with Gasteiger partial charge in [-0.2, -0.15) is 0 Å². The van der Waals surface area contributed by atoms with Gasteiger partial charge in [0.15, 0.2) is 0 Å². The number of amides is 1. The van der Waals surface area contributed by atoms with E-state index in [1.807, 2.05) is 6.92 Å². The smallest absolute Gasteiger partial charge is 0.260 e. The van der Waals surface area contributed by atoms with Gasteiger partial charge in [0.1, 0.15) is 11.6 Å². The topological polar surface area (TPSA) is 88.2 Å². The number of benzene rings is 1. The lowest BCUT2D eigenvalue weighted by molar-refractivity contribution is 0.102. The molecular weight excluding hydrogens is 230 g/mol. The lowest BCUT2D eigenvalue weighted by Gasteiger charge is -2.06. The summed E-state index contributed by atoms with van der Waals surface area (Å²) in [6.07, 6.45) is 1.45. The van der Waals surface area contributed by atoms with Gasteiger partial charge in [-0.1, -0.05) is 6.07 Å². The zero-order valence-electron chi connectivity index (χ0n) is 9.84. The van der Waals surface area contributed by atoms with Crippen molar-refractivity contribution in [3.05, 3.63) is 47.7 Å². The van der Waals surface area contributed by atoms with Gasteiger partial charge in [-0.15, -0.1) is 0 Å². The Morgan fingerprint density at radius 1 is 1.33 bits per heavy atom. The highest BCUT2D eigenvalue weighted by Crippen LogP contribution is 2.19. The standard InChI is InChI=1S/C13H13N3O2/c1-8-2-4-10(11(17)6-8)13(18)16-12-5-3-9(14)7-15-12/h2-7,17H,14H2,1H3,(H,15,16,18). The van der Waals surface area contributed by atoms with Gasteiger partial charge in [0.25, 0.3) is 5.91 Å². The third-order valence-corrected chi connectivity index (χ3v) is 2.43. The van der Waals surface area contributed by atoms with Crippen molar-refractivity contribution in [1.29, 1.82) is 0 Å². The second-order valence-corrected chi connectivity index (χ2v) is 3.95. The number of anilines is 2. The summed E-state index contributed by atoms with van der Waals surface area (Å²) in [6.45, 7) is 1.84. The van der Waals surface area contributed by atoms with Crippen molar-refractivity contribution in [3.8, 4) is 5.75 Å². The molecule has 1 amide bonds. The average Bonchev–Trinajstić information content (AvgIpc) is 2.32. The van der Waals surface area contributed by atoms with E-state index in [1.54, 1.807) is 24.3 Å². The molecule has 0 saturated heterocycles.